The van der Waals surface area contributed by atoms with Crippen molar-refractivity contribution in [2.75, 3.05) is 6.54 Å². The van der Waals surface area contributed by atoms with Crippen molar-refractivity contribution in [1.82, 2.24) is 15.1 Å². The van der Waals surface area contributed by atoms with Crippen LogP contribution in [0.25, 0.3) is 0 Å². The van der Waals surface area contributed by atoms with Crippen molar-refractivity contribution in [2.24, 2.45) is 5.92 Å². The molecule has 1 aromatic carbocycles. The molecule has 102 valence electrons. The highest BCUT2D eigenvalue weighted by atomic mass is 19.1. The zero-order chi connectivity index (χ0) is 13.7. The van der Waals surface area contributed by atoms with Crippen molar-refractivity contribution in [3.8, 4) is 0 Å². The van der Waals surface area contributed by atoms with Crippen LogP contribution in [0.4, 0.5) is 4.39 Å². The molecule has 4 heteroatoms. The van der Waals surface area contributed by atoms with E-state index in [1.54, 1.807) is 18.3 Å². The second kappa shape index (κ2) is 6.48. The van der Waals surface area contributed by atoms with Crippen LogP contribution in [0.15, 0.2) is 36.5 Å². The number of benzene rings is 1. The Balaban J connectivity index is 2.01. The molecule has 0 atom stereocenters. The minimum absolute atomic E-state index is 0.181. The number of rotatable bonds is 6. The lowest BCUT2D eigenvalue weighted by Gasteiger charge is -2.10. The molecule has 1 aromatic heterocycles. The van der Waals surface area contributed by atoms with E-state index < -0.39 is 0 Å². The van der Waals surface area contributed by atoms with Gasteiger partial charge in [-0.3, -0.25) is 4.68 Å². The van der Waals surface area contributed by atoms with Gasteiger partial charge in [0.15, 0.2) is 0 Å². The fourth-order valence-electron chi connectivity index (χ4n) is 1.93. The monoisotopic (exact) mass is 261 g/mol. The third-order valence-corrected chi connectivity index (χ3v) is 2.94. The van der Waals surface area contributed by atoms with E-state index in [-0.39, 0.29) is 5.82 Å². The van der Waals surface area contributed by atoms with Gasteiger partial charge in [-0.25, -0.2) is 4.39 Å². The van der Waals surface area contributed by atoms with Gasteiger partial charge in [-0.1, -0.05) is 32.0 Å². The lowest BCUT2D eigenvalue weighted by molar-refractivity contribution is 0.523. The number of hydrogen-bond acceptors (Lipinski definition) is 2. The minimum Gasteiger partial charge on any atom is -0.311 e. The molecule has 0 spiro atoms. The SMILES string of the molecule is CC(C)CNCc1ccnn1Cc1ccccc1F. The summed E-state index contributed by atoms with van der Waals surface area (Å²) in [6, 6.07) is 8.79. The minimum atomic E-state index is -0.181. The Morgan fingerprint density at radius 2 is 2.05 bits per heavy atom. The van der Waals surface area contributed by atoms with Crippen molar-refractivity contribution in [2.45, 2.75) is 26.9 Å². The molecule has 0 aliphatic carbocycles. The Bertz CT molecular complexity index is 520. The Morgan fingerprint density at radius 3 is 2.79 bits per heavy atom. The molecular formula is C15H20FN3. The number of nitrogens with zero attached hydrogens (tertiary/aromatic N) is 2. The van der Waals surface area contributed by atoms with Gasteiger partial charge in [0, 0.05) is 18.3 Å². The van der Waals surface area contributed by atoms with Crippen LogP contribution in [0.5, 0.6) is 0 Å². The molecule has 3 nitrogen and oxygen atoms in total. The predicted molar refractivity (Wildman–Crippen MR) is 74.3 cm³/mol. The summed E-state index contributed by atoms with van der Waals surface area (Å²) in [6.07, 6.45) is 1.76. The van der Waals surface area contributed by atoms with E-state index in [4.69, 9.17) is 0 Å². The molecule has 0 saturated heterocycles. The fourth-order valence-corrected chi connectivity index (χ4v) is 1.93. The van der Waals surface area contributed by atoms with E-state index in [0.717, 1.165) is 18.8 Å². The van der Waals surface area contributed by atoms with Gasteiger partial charge in [0.25, 0.3) is 0 Å². The first-order valence-corrected chi connectivity index (χ1v) is 6.61. The summed E-state index contributed by atoms with van der Waals surface area (Å²) >= 11 is 0. The fraction of sp³-hybridized carbons (Fsp3) is 0.400. The third-order valence-electron chi connectivity index (χ3n) is 2.94. The molecule has 19 heavy (non-hydrogen) atoms. The van der Waals surface area contributed by atoms with Gasteiger partial charge in [-0.2, -0.15) is 5.10 Å². The molecule has 0 bridgehead atoms. The van der Waals surface area contributed by atoms with Crippen LogP contribution in [-0.2, 0) is 13.1 Å². The second-order valence-corrected chi connectivity index (χ2v) is 5.10. The summed E-state index contributed by atoms with van der Waals surface area (Å²) < 4.78 is 15.5. The van der Waals surface area contributed by atoms with Crippen LogP contribution in [0.1, 0.15) is 25.1 Å². The second-order valence-electron chi connectivity index (χ2n) is 5.10. The van der Waals surface area contributed by atoms with E-state index in [9.17, 15) is 4.39 Å². The molecule has 2 aromatic rings. The van der Waals surface area contributed by atoms with Gasteiger partial charge in [0.1, 0.15) is 5.82 Å². The highest BCUT2D eigenvalue weighted by Crippen LogP contribution is 2.10. The topological polar surface area (TPSA) is 29.9 Å². The van der Waals surface area contributed by atoms with Crippen LogP contribution in [0.2, 0.25) is 0 Å². The first-order valence-electron chi connectivity index (χ1n) is 6.61. The normalized spacial score (nSPS) is 11.2. The summed E-state index contributed by atoms with van der Waals surface area (Å²) in [4.78, 5) is 0. The first kappa shape index (κ1) is 13.7. The van der Waals surface area contributed by atoms with Crippen LogP contribution in [0.3, 0.4) is 0 Å². The molecule has 0 amide bonds. The van der Waals surface area contributed by atoms with Gasteiger partial charge in [0.2, 0.25) is 0 Å². The summed E-state index contributed by atoms with van der Waals surface area (Å²) in [6.45, 7) is 6.53. The highest BCUT2D eigenvalue weighted by molar-refractivity contribution is 5.18. The van der Waals surface area contributed by atoms with Crippen molar-refractivity contribution in [3.05, 3.63) is 53.6 Å². The summed E-state index contributed by atoms with van der Waals surface area (Å²) in [5.74, 6) is 0.432. The predicted octanol–water partition coefficient (Wildman–Crippen LogP) is 2.82. The Labute approximate surface area is 113 Å². The van der Waals surface area contributed by atoms with Gasteiger partial charge in [-0.15, -0.1) is 0 Å². The zero-order valence-electron chi connectivity index (χ0n) is 11.4. The van der Waals surface area contributed by atoms with Crippen LogP contribution >= 0.6 is 0 Å². The van der Waals surface area contributed by atoms with E-state index in [0.29, 0.717) is 18.0 Å². The summed E-state index contributed by atoms with van der Waals surface area (Å²) in [7, 11) is 0. The maximum absolute atomic E-state index is 13.6. The third kappa shape index (κ3) is 3.89. The first-order chi connectivity index (χ1) is 9.16. The Morgan fingerprint density at radius 1 is 1.26 bits per heavy atom. The summed E-state index contributed by atoms with van der Waals surface area (Å²) in [5.41, 5.74) is 1.74. The van der Waals surface area contributed by atoms with E-state index in [2.05, 4.69) is 24.3 Å². The van der Waals surface area contributed by atoms with Crippen molar-refractivity contribution in [3.63, 3.8) is 0 Å². The maximum Gasteiger partial charge on any atom is 0.128 e. The Kier molecular flexibility index (Phi) is 4.68. The molecule has 0 aliphatic heterocycles. The maximum atomic E-state index is 13.6. The standard InChI is InChI=1S/C15H20FN3/c1-12(2)9-17-10-14-7-8-18-19(14)11-13-5-3-4-6-15(13)16/h3-8,12,17H,9-11H2,1-2H3. The quantitative estimate of drug-likeness (QED) is 0.866. The number of halogens is 1. The molecule has 1 N–H and O–H groups in total. The van der Waals surface area contributed by atoms with Gasteiger partial charge in [-0.05, 0) is 24.6 Å². The lowest BCUT2D eigenvalue weighted by Crippen LogP contribution is -2.21. The molecule has 0 unspecified atom stereocenters. The van der Waals surface area contributed by atoms with Gasteiger partial charge in [0.05, 0.1) is 12.2 Å². The molecule has 0 radical (unpaired) electrons. The molecular weight excluding hydrogens is 241 g/mol. The van der Waals surface area contributed by atoms with Crippen molar-refractivity contribution in [1.29, 1.82) is 0 Å². The molecule has 0 fully saturated rings. The van der Waals surface area contributed by atoms with Crippen LogP contribution in [0, 0.1) is 11.7 Å². The number of nitrogens with one attached hydrogen (secondary N) is 1. The molecule has 1 heterocycles. The summed E-state index contributed by atoms with van der Waals surface area (Å²) in [5, 5.41) is 7.63. The lowest BCUT2D eigenvalue weighted by atomic mass is 10.2. The zero-order valence-corrected chi connectivity index (χ0v) is 11.4. The smallest absolute Gasteiger partial charge is 0.128 e. The molecule has 0 aliphatic rings. The average Bonchev–Trinajstić information content (AvgIpc) is 2.79. The number of aromatic nitrogens is 2. The Hall–Kier alpha value is -1.68. The van der Waals surface area contributed by atoms with Gasteiger partial charge >= 0.3 is 0 Å². The van der Waals surface area contributed by atoms with Crippen LogP contribution in [-0.4, -0.2) is 16.3 Å². The molecule has 2 rings (SSSR count). The van der Waals surface area contributed by atoms with Gasteiger partial charge < -0.3 is 5.32 Å². The van der Waals surface area contributed by atoms with Crippen molar-refractivity contribution < 1.29 is 4.39 Å². The van der Waals surface area contributed by atoms with Crippen LogP contribution < -0.4 is 5.32 Å². The van der Waals surface area contributed by atoms with E-state index >= 15 is 0 Å². The molecule has 0 saturated carbocycles. The average molecular weight is 261 g/mol. The number of hydrogen-bond donors (Lipinski definition) is 1. The van der Waals surface area contributed by atoms with E-state index in [1.807, 2.05) is 16.8 Å². The largest absolute Gasteiger partial charge is 0.311 e. The van der Waals surface area contributed by atoms with E-state index in [1.165, 1.54) is 6.07 Å². The highest BCUT2D eigenvalue weighted by Gasteiger charge is 2.06. The van der Waals surface area contributed by atoms with Crippen molar-refractivity contribution >= 4 is 0 Å².